The first-order valence-electron chi connectivity index (χ1n) is 6.06. The molecule has 0 aromatic carbocycles. The summed E-state index contributed by atoms with van der Waals surface area (Å²) >= 11 is 5.37. The second kappa shape index (κ2) is 3.82. The molecule has 3 aliphatic rings. The van der Waals surface area contributed by atoms with Crippen molar-refractivity contribution in [2.75, 3.05) is 0 Å². The Kier molecular flexibility index (Phi) is 2.49. The van der Waals surface area contributed by atoms with Crippen molar-refractivity contribution in [3.63, 3.8) is 0 Å². The van der Waals surface area contributed by atoms with E-state index in [0.717, 1.165) is 0 Å². The van der Waals surface area contributed by atoms with Crippen LogP contribution in [0.5, 0.6) is 0 Å². The molecule has 1 fully saturated rings. The summed E-state index contributed by atoms with van der Waals surface area (Å²) in [7, 11) is 0. The number of hydrogen-bond donors (Lipinski definition) is 0. The first-order valence-corrected chi connectivity index (χ1v) is 6.44. The van der Waals surface area contributed by atoms with Gasteiger partial charge >= 0.3 is 0 Å². The fourth-order valence-corrected chi connectivity index (χ4v) is 3.30. The quantitative estimate of drug-likeness (QED) is 0.714. The maximum atomic E-state index is 12.0. The van der Waals surface area contributed by atoms with Crippen molar-refractivity contribution in [3.05, 3.63) is 32.7 Å². The number of rotatable bonds is 1. The summed E-state index contributed by atoms with van der Waals surface area (Å²) in [5, 5.41) is -0.165. The molecular formula is C14H13ClO3. The normalized spacial score (nSPS) is 32.4. The number of carbonyl (C=O) groups is 1. The molecule has 0 radical (unpaired) electrons. The van der Waals surface area contributed by atoms with Crippen LogP contribution in [-0.2, 0) is 0 Å². The summed E-state index contributed by atoms with van der Waals surface area (Å²) < 4.78 is 5.45. The predicted octanol–water partition coefficient (Wildman–Crippen LogP) is 1.11. The molecule has 1 saturated carbocycles. The first-order chi connectivity index (χ1) is 8.49. The molecule has 1 aromatic heterocycles. The summed E-state index contributed by atoms with van der Waals surface area (Å²) in [6.45, 7) is 4.35. The Labute approximate surface area is 109 Å². The summed E-state index contributed by atoms with van der Waals surface area (Å²) in [5.74, 6) is 1.75. The van der Waals surface area contributed by atoms with E-state index in [1.165, 1.54) is 6.07 Å². The van der Waals surface area contributed by atoms with Crippen molar-refractivity contribution in [2.24, 2.45) is 23.7 Å². The van der Waals surface area contributed by atoms with Gasteiger partial charge in [0.15, 0.2) is 11.2 Å². The lowest BCUT2D eigenvalue weighted by molar-refractivity contribution is 0.101. The Bertz CT molecular complexity index is 691. The topological polar surface area (TPSA) is 47.3 Å². The zero-order valence-corrected chi connectivity index (χ0v) is 10.9. The first kappa shape index (κ1) is 11.7. The van der Waals surface area contributed by atoms with Crippen LogP contribution in [0.25, 0.3) is 12.2 Å². The second-order valence-corrected chi connectivity index (χ2v) is 5.58. The van der Waals surface area contributed by atoms with Crippen LogP contribution >= 0.6 is 11.6 Å². The number of halogens is 1. The molecule has 0 amide bonds. The molecule has 0 N–H and O–H groups in total. The van der Waals surface area contributed by atoms with Crippen molar-refractivity contribution in [1.82, 2.24) is 0 Å². The Morgan fingerprint density at radius 2 is 1.83 bits per heavy atom. The number of hydrogen-bond acceptors (Lipinski definition) is 3. The highest BCUT2D eigenvalue weighted by Crippen LogP contribution is 2.47. The summed E-state index contributed by atoms with van der Waals surface area (Å²) in [6.07, 6.45) is 3.95. The molecule has 0 aliphatic heterocycles. The summed E-state index contributed by atoms with van der Waals surface area (Å²) in [5.41, 5.74) is 0.304. The van der Waals surface area contributed by atoms with Gasteiger partial charge in [0.1, 0.15) is 5.42 Å². The van der Waals surface area contributed by atoms with Gasteiger partial charge in [-0.1, -0.05) is 19.9 Å². The smallest absolute Gasteiger partial charge is 0.287 e. The zero-order valence-electron chi connectivity index (χ0n) is 10.1. The van der Waals surface area contributed by atoms with Crippen molar-refractivity contribution in [1.29, 1.82) is 0 Å². The standard InChI is InChI=1S/C14H13ClO3/c1-6-8-3-10-11(16)5-13(14(15)17)18-12(10)4-9(6)7(8)2/h3-9H,1-2H3. The second-order valence-electron chi connectivity index (χ2n) is 5.23. The van der Waals surface area contributed by atoms with Gasteiger partial charge in [0.2, 0.25) is 0 Å². The molecule has 2 unspecified atom stereocenters. The van der Waals surface area contributed by atoms with Gasteiger partial charge in [-0.3, -0.25) is 9.59 Å². The van der Waals surface area contributed by atoms with Crippen LogP contribution in [0.2, 0.25) is 0 Å². The summed E-state index contributed by atoms with van der Waals surface area (Å²) in [4.78, 5) is 23.1. The van der Waals surface area contributed by atoms with Gasteiger partial charge in [-0.2, -0.15) is 0 Å². The average molecular weight is 265 g/mol. The van der Waals surface area contributed by atoms with Crippen LogP contribution in [0, 0.1) is 23.7 Å². The van der Waals surface area contributed by atoms with Crippen molar-refractivity contribution >= 4 is 29.0 Å². The number of carbonyl (C=O) groups excluding carboxylic acids is 1. The molecule has 1 aromatic rings. The molecule has 4 rings (SSSR count). The van der Waals surface area contributed by atoms with Crippen LogP contribution in [0.1, 0.15) is 24.4 Å². The molecule has 0 saturated heterocycles. The molecule has 0 spiro atoms. The Morgan fingerprint density at radius 1 is 1.22 bits per heavy atom. The van der Waals surface area contributed by atoms with Crippen LogP contribution < -0.4 is 16.1 Å². The minimum absolute atomic E-state index is 0.0792. The summed E-state index contributed by atoms with van der Waals surface area (Å²) in [6, 6.07) is 1.18. The molecular weight excluding hydrogens is 252 g/mol. The van der Waals surface area contributed by atoms with E-state index in [-0.39, 0.29) is 11.2 Å². The third-order valence-corrected chi connectivity index (χ3v) is 4.52. The van der Waals surface area contributed by atoms with Crippen LogP contribution in [0.4, 0.5) is 0 Å². The van der Waals surface area contributed by atoms with E-state index in [1.807, 2.05) is 12.2 Å². The minimum atomic E-state index is -0.735. The van der Waals surface area contributed by atoms with E-state index in [2.05, 4.69) is 13.8 Å². The molecule has 2 bridgehead atoms. The molecule has 18 heavy (non-hydrogen) atoms. The zero-order chi connectivity index (χ0) is 13.0. The van der Waals surface area contributed by atoms with E-state index in [0.29, 0.717) is 34.3 Å². The molecule has 3 nitrogen and oxygen atoms in total. The van der Waals surface area contributed by atoms with Crippen molar-refractivity contribution < 1.29 is 9.21 Å². The van der Waals surface area contributed by atoms with Gasteiger partial charge in [0, 0.05) is 6.07 Å². The van der Waals surface area contributed by atoms with E-state index < -0.39 is 5.24 Å². The van der Waals surface area contributed by atoms with E-state index in [9.17, 15) is 9.59 Å². The van der Waals surface area contributed by atoms with Gasteiger partial charge in [-0.15, -0.1) is 0 Å². The largest absolute Gasteiger partial charge is 0.452 e. The third-order valence-electron chi connectivity index (χ3n) is 4.34. The highest BCUT2D eigenvalue weighted by molar-refractivity contribution is 6.67. The Hall–Kier alpha value is -1.35. The van der Waals surface area contributed by atoms with Crippen LogP contribution in [-0.4, -0.2) is 5.24 Å². The van der Waals surface area contributed by atoms with E-state index >= 15 is 0 Å². The maximum absolute atomic E-state index is 12.0. The molecule has 1 heterocycles. The fourth-order valence-electron chi connectivity index (χ4n) is 3.21. The SMILES string of the molecule is CC1C2C=c3oc(C(=O)Cl)cc(=O)c3=CC1C2C. The van der Waals surface area contributed by atoms with E-state index in [1.54, 1.807) is 0 Å². The van der Waals surface area contributed by atoms with Gasteiger partial charge < -0.3 is 4.42 Å². The highest BCUT2D eigenvalue weighted by atomic mass is 35.5. The van der Waals surface area contributed by atoms with Crippen molar-refractivity contribution in [2.45, 2.75) is 13.8 Å². The molecule has 94 valence electrons. The highest BCUT2D eigenvalue weighted by Gasteiger charge is 2.43. The molecule has 2 atom stereocenters. The molecule has 4 heteroatoms. The van der Waals surface area contributed by atoms with Gasteiger partial charge in [0.25, 0.3) is 5.24 Å². The maximum Gasteiger partial charge on any atom is 0.287 e. The lowest BCUT2D eigenvalue weighted by atomic mass is 9.59. The van der Waals surface area contributed by atoms with Crippen LogP contribution in [0.15, 0.2) is 15.3 Å². The minimum Gasteiger partial charge on any atom is -0.452 e. The Morgan fingerprint density at radius 3 is 2.44 bits per heavy atom. The predicted molar refractivity (Wildman–Crippen MR) is 68.6 cm³/mol. The monoisotopic (exact) mass is 264 g/mol. The van der Waals surface area contributed by atoms with Gasteiger partial charge in [0.05, 0.1) is 5.22 Å². The fraction of sp³-hybridized carbons (Fsp3) is 0.429. The van der Waals surface area contributed by atoms with E-state index in [4.69, 9.17) is 16.0 Å². The van der Waals surface area contributed by atoms with Gasteiger partial charge in [-0.05, 0) is 41.3 Å². The third kappa shape index (κ3) is 1.50. The van der Waals surface area contributed by atoms with Crippen molar-refractivity contribution in [3.8, 4) is 0 Å². The lowest BCUT2D eigenvalue weighted by Gasteiger charge is -2.45. The molecule has 3 aliphatic carbocycles. The Balaban J connectivity index is 2.33. The van der Waals surface area contributed by atoms with Gasteiger partial charge in [-0.25, -0.2) is 0 Å². The average Bonchev–Trinajstić information content (AvgIpc) is 2.57. The van der Waals surface area contributed by atoms with Crippen LogP contribution in [0.3, 0.4) is 0 Å². The lowest BCUT2D eigenvalue weighted by Crippen LogP contribution is -2.41.